The first-order chi connectivity index (χ1) is 14.9. The van der Waals surface area contributed by atoms with Gasteiger partial charge in [-0.05, 0) is 49.2 Å². The first kappa shape index (κ1) is 19.3. The second-order valence-electron chi connectivity index (χ2n) is 8.02. The molecular weight excluding hydrogens is 397 g/mol. The lowest BCUT2D eigenvalue weighted by Crippen LogP contribution is -2.63. The molecule has 0 spiro atoms. The lowest BCUT2D eigenvalue weighted by molar-refractivity contribution is -0.137. The highest BCUT2D eigenvalue weighted by molar-refractivity contribution is 6.09. The number of aliphatic imine (C=N–C) groups is 1. The van der Waals surface area contributed by atoms with E-state index < -0.39 is 12.2 Å². The van der Waals surface area contributed by atoms with Crippen LogP contribution in [0.15, 0.2) is 65.4 Å². The van der Waals surface area contributed by atoms with Gasteiger partial charge in [-0.25, -0.2) is 14.2 Å². The molecule has 3 amide bonds. The molecule has 0 N–H and O–H groups in total. The zero-order valence-corrected chi connectivity index (χ0v) is 17.5. The van der Waals surface area contributed by atoms with E-state index in [1.54, 1.807) is 19.2 Å². The van der Waals surface area contributed by atoms with Crippen molar-refractivity contribution in [2.24, 2.45) is 4.99 Å². The minimum Gasteiger partial charge on any atom is -0.302 e. The summed E-state index contributed by atoms with van der Waals surface area (Å²) in [6.45, 7) is 4.09. The van der Waals surface area contributed by atoms with Gasteiger partial charge in [0.1, 0.15) is 5.82 Å². The number of guanidine groups is 1. The maximum atomic E-state index is 13.5. The molecule has 0 radical (unpaired) electrons. The summed E-state index contributed by atoms with van der Waals surface area (Å²) in [4.78, 5) is 37.7. The standard InChI is InChI=1S/C23H22FN5O2/c1-14-6-4-5-7-16(14)13-28-21(30)19-20(26(3)23(28)31)25-22-27(19)12-15(2)29(22)18-10-8-17(24)9-11-18/h4-12,19-20H,13H2,1-3H3. The normalized spacial score (nSPS) is 22.6. The summed E-state index contributed by atoms with van der Waals surface area (Å²) in [5, 5.41) is 0. The Kier molecular flexibility index (Phi) is 4.32. The van der Waals surface area contributed by atoms with Crippen LogP contribution in [0, 0.1) is 12.7 Å². The van der Waals surface area contributed by atoms with Gasteiger partial charge >= 0.3 is 6.03 Å². The van der Waals surface area contributed by atoms with Crippen molar-refractivity contribution in [3.63, 3.8) is 0 Å². The van der Waals surface area contributed by atoms with E-state index in [2.05, 4.69) is 0 Å². The van der Waals surface area contributed by atoms with Gasteiger partial charge in [0, 0.05) is 24.6 Å². The number of urea groups is 1. The molecule has 31 heavy (non-hydrogen) atoms. The van der Waals surface area contributed by atoms with Crippen molar-refractivity contribution in [2.75, 3.05) is 11.9 Å². The van der Waals surface area contributed by atoms with E-state index in [1.807, 2.05) is 54.1 Å². The molecule has 3 heterocycles. The maximum absolute atomic E-state index is 13.5. The van der Waals surface area contributed by atoms with Crippen LogP contribution < -0.4 is 4.90 Å². The Bertz CT molecular complexity index is 1140. The van der Waals surface area contributed by atoms with Gasteiger partial charge in [0.05, 0.1) is 6.54 Å². The average Bonchev–Trinajstić information content (AvgIpc) is 3.26. The summed E-state index contributed by atoms with van der Waals surface area (Å²) in [5.74, 6) is -0.0409. The van der Waals surface area contributed by atoms with Crippen molar-refractivity contribution in [3.05, 3.63) is 77.4 Å². The largest absolute Gasteiger partial charge is 0.328 e. The molecule has 1 saturated heterocycles. The molecule has 0 aliphatic carbocycles. The molecule has 2 aromatic rings. The molecule has 158 valence electrons. The summed E-state index contributed by atoms with van der Waals surface area (Å²) in [5.41, 5.74) is 3.56. The molecule has 3 aliphatic heterocycles. The van der Waals surface area contributed by atoms with Crippen LogP contribution in [-0.2, 0) is 11.3 Å². The Hall–Kier alpha value is -3.68. The molecule has 5 rings (SSSR count). The second kappa shape index (κ2) is 6.94. The topological polar surface area (TPSA) is 59.5 Å². The second-order valence-corrected chi connectivity index (χ2v) is 8.02. The summed E-state index contributed by atoms with van der Waals surface area (Å²) < 4.78 is 13.4. The first-order valence-corrected chi connectivity index (χ1v) is 10.1. The molecule has 0 aromatic heterocycles. The van der Waals surface area contributed by atoms with Gasteiger partial charge in [0.25, 0.3) is 5.91 Å². The number of nitrogens with zero attached hydrogens (tertiary/aromatic N) is 5. The van der Waals surface area contributed by atoms with Crippen LogP contribution in [0.25, 0.3) is 0 Å². The van der Waals surface area contributed by atoms with Crippen LogP contribution in [0.1, 0.15) is 18.1 Å². The predicted octanol–water partition coefficient (Wildman–Crippen LogP) is 3.28. The molecule has 0 bridgehead atoms. The Labute approximate surface area is 179 Å². The molecule has 1 fully saturated rings. The minimum atomic E-state index is -0.637. The van der Waals surface area contributed by atoms with Crippen LogP contribution >= 0.6 is 0 Å². The molecule has 2 atom stereocenters. The lowest BCUT2D eigenvalue weighted by Gasteiger charge is -2.40. The fourth-order valence-corrected chi connectivity index (χ4v) is 4.37. The van der Waals surface area contributed by atoms with Crippen LogP contribution in [-0.4, -0.2) is 51.9 Å². The van der Waals surface area contributed by atoms with Crippen molar-refractivity contribution < 1.29 is 14.0 Å². The lowest BCUT2D eigenvalue weighted by atomic mass is 10.1. The van der Waals surface area contributed by atoms with E-state index >= 15 is 0 Å². The van der Waals surface area contributed by atoms with Gasteiger partial charge in [0.15, 0.2) is 12.2 Å². The fourth-order valence-electron chi connectivity index (χ4n) is 4.37. The highest BCUT2D eigenvalue weighted by atomic mass is 19.1. The van der Waals surface area contributed by atoms with Gasteiger partial charge in [-0.3, -0.25) is 14.6 Å². The Morgan fingerprint density at radius 3 is 2.45 bits per heavy atom. The average molecular weight is 419 g/mol. The number of likely N-dealkylation sites (N-methyl/N-ethyl adjacent to an activating group) is 1. The number of aryl methyl sites for hydroxylation is 1. The third-order valence-corrected chi connectivity index (χ3v) is 6.06. The third kappa shape index (κ3) is 2.90. The monoisotopic (exact) mass is 419 g/mol. The highest BCUT2D eigenvalue weighted by Gasteiger charge is 2.54. The quantitative estimate of drug-likeness (QED) is 0.766. The van der Waals surface area contributed by atoms with Crippen LogP contribution in [0.2, 0.25) is 0 Å². The van der Waals surface area contributed by atoms with Gasteiger partial charge in [-0.2, -0.15) is 0 Å². The van der Waals surface area contributed by atoms with Crippen molar-refractivity contribution >= 4 is 23.6 Å². The summed E-state index contributed by atoms with van der Waals surface area (Å²) in [6, 6.07) is 12.8. The number of rotatable bonds is 3. The van der Waals surface area contributed by atoms with E-state index in [4.69, 9.17) is 4.99 Å². The van der Waals surface area contributed by atoms with Crippen LogP contribution in [0.4, 0.5) is 14.9 Å². The number of carbonyl (C=O) groups excluding carboxylic acids is 2. The van der Waals surface area contributed by atoms with Crippen molar-refractivity contribution in [1.29, 1.82) is 0 Å². The first-order valence-electron chi connectivity index (χ1n) is 10.1. The Morgan fingerprint density at radius 1 is 1.03 bits per heavy atom. The third-order valence-electron chi connectivity index (χ3n) is 6.06. The van der Waals surface area contributed by atoms with Crippen LogP contribution in [0.5, 0.6) is 0 Å². The number of allylic oxidation sites excluding steroid dienone is 1. The van der Waals surface area contributed by atoms with E-state index in [9.17, 15) is 14.0 Å². The van der Waals surface area contributed by atoms with Crippen molar-refractivity contribution in [1.82, 2.24) is 14.7 Å². The molecule has 0 saturated carbocycles. The summed E-state index contributed by atoms with van der Waals surface area (Å²) in [6.07, 6.45) is 1.25. The molecular formula is C23H22FN5O2. The smallest absolute Gasteiger partial charge is 0.302 e. The number of hydrogen-bond donors (Lipinski definition) is 0. The van der Waals surface area contributed by atoms with Crippen molar-refractivity contribution in [2.45, 2.75) is 32.6 Å². The Balaban J connectivity index is 1.48. The minimum absolute atomic E-state index is 0.214. The molecule has 2 aromatic carbocycles. The summed E-state index contributed by atoms with van der Waals surface area (Å²) >= 11 is 0. The molecule has 8 heteroatoms. The van der Waals surface area contributed by atoms with E-state index in [-0.39, 0.29) is 24.3 Å². The maximum Gasteiger partial charge on any atom is 0.328 e. The van der Waals surface area contributed by atoms with Crippen molar-refractivity contribution in [3.8, 4) is 0 Å². The van der Waals surface area contributed by atoms with Gasteiger partial charge < -0.3 is 9.80 Å². The summed E-state index contributed by atoms with van der Waals surface area (Å²) in [7, 11) is 1.67. The zero-order valence-electron chi connectivity index (χ0n) is 17.5. The number of carbonyl (C=O) groups is 2. The SMILES string of the molecule is CC1=CN2C(=NC3C2C(=O)N(Cc2ccccc2C)C(=O)N3C)N1c1ccc(F)cc1. The number of fused-ring (bicyclic) bond motifs is 3. The molecule has 3 aliphatic rings. The highest BCUT2D eigenvalue weighted by Crippen LogP contribution is 2.36. The number of halogens is 1. The van der Waals surface area contributed by atoms with Gasteiger partial charge in [-0.15, -0.1) is 0 Å². The molecule has 7 nitrogen and oxygen atoms in total. The number of amides is 3. The number of benzene rings is 2. The van der Waals surface area contributed by atoms with E-state index in [0.29, 0.717) is 5.96 Å². The number of imide groups is 1. The van der Waals surface area contributed by atoms with Gasteiger partial charge in [-0.1, -0.05) is 24.3 Å². The molecule has 2 unspecified atom stereocenters. The van der Waals surface area contributed by atoms with Gasteiger partial charge in [0.2, 0.25) is 5.96 Å². The van der Waals surface area contributed by atoms with Crippen LogP contribution in [0.3, 0.4) is 0 Å². The Morgan fingerprint density at radius 2 is 1.74 bits per heavy atom. The zero-order chi connectivity index (χ0) is 21.9. The fraction of sp³-hybridized carbons (Fsp3) is 0.261. The predicted molar refractivity (Wildman–Crippen MR) is 114 cm³/mol. The van der Waals surface area contributed by atoms with E-state index in [0.717, 1.165) is 22.5 Å². The number of hydrogen-bond acceptors (Lipinski definition) is 5. The number of anilines is 1. The van der Waals surface area contributed by atoms with E-state index in [1.165, 1.54) is 21.9 Å².